The van der Waals surface area contributed by atoms with Gasteiger partial charge in [0.25, 0.3) is 5.91 Å². The second kappa shape index (κ2) is 6.86. The van der Waals surface area contributed by atoms with Gasteiger partial charge in [-0.15, -0.1) is 22.7 Å². The van der Waals surface area contributed by atoms with Gasteiger partial charge in [-0.3, -0.25) is 9.36 Å². The maximum atomic E-state index is 12.4. The van der Waals surface area contributed by atoms with Crippen LogP contribution in [0.4, 0.5) is 5.82 Å². The van der Waals surface area contributed by atoms with Crippen molar-refractivity contribution >= 4 is 34.4 Å². The second-order valence-corrected chi connectivity index (χ2v) is 7.62. The maximum Gasteiger partial charge on any atom is 0.266 e. The summed E-state index contributed by atoms with van der Waals surface area (Å²) in [6, 6.07) is 11.9. The molecule has 26 heavy (non-hydrogen) atoms. The molecule has 0 bridgehead atoms. The van der Waals surface area contributed by atoms with Gasteiger partial charge < -0.3 is 5.32 Å². The molecule has 0 aliphatic heterocycles. The monoisotopic (exact) mass is 380 g/mol. The molecule has 4 rings (SSSR count). The molecule has 0 aliphatic rings. The van der Waals surface area contributed by atoms with E-state index in [2.05, 4.69) is 41.5 Å². The first-order chi connectivity index (χ1) is 12.6. The van der Waals surface area contributed by atoms with Gasteiger partial charge in [0, 0.05) is 10.9 Å². The highest BCUT2D eigenvalue weighted by Gasteiger charge is 2.16. The maximum absolute atomic E-state index is 12.4. The van der Waals surface area contributed by atoms with Crippen LogP contribution >= 0.6 is 22.7 Å². The zero-order valence-corrected chi connectivity index (χ0v) is 15.9. The summed E-state index contributed by atoms with van der Waals surface area (Å²) in [5.41, 5.74) is 3.20. The van der Waals surface area contributed by atoms with Crippen molar-refractivity contribution < 1.29 is 4.79 Å². The summed E-state index contributed by atoms with van der Waals surface area (Å²) in [5.74, 6) is 1.25. The van der Waals surface area contributed by atoms with Crippen molar-refractivity contribution in [2.45, 2.75) is 13.8 Å². The largest absolute Gasteiger partial charge is 0.306 e. The number of nitrogens with one attached hydrogen (secondary N) is 1. The second-order valence-electron chi connectivity index (χ2n) is 5.84. The summed E-state index contributed by atoms with van der Waals surface area (Å²) in [6.45, 7) is 3.96. The van der Waals surface area contributed by atoms with E-state index in [1.54, 1.807) is 12.3 Å². The summed E-state index contributed by atoms with van der Waals surface area (Å²) >= 11 is 2.93. The number of carbonyl (C=O) groups excluding carboxylic acids is 1. The molecule has 0 aliphatic carbocycles. The molecule has 4 aromatic rings. The van der Waals surface area contributed by atoms with Crippen LogP contribution in [0.3, 0.4) is 0 Å². The number of anilines is 1. The van der Waals surface area contributed by atoms with Gasteiger partial charge in [0.1, 0.15) is 11.6 Å². The zero-order valence-electron chi connectivity index (χ0n) is 14.3. The van der Waals surface area contributed by atoms with Crippen LogP contribution < -0.4 is 5.32 Å². The van der Waals surface area contributed by atoms with Crippen molar-refractivity contribution in [3.63, 3.8) is 0 Å². The molecule has 5 nitrogen and oxygen atoms in total. The topological polar surface area (TPSA) is 59.8 Å². The number of hydrogen-bond acceptors (Lipinski definition) is 5. The van der Waals surface area contributed by atoms with Crippen LogP contribution in [0.5, 0.6) is 0 Å². The molecule has 1 aromatic carbocycles. The highest BCUT2D eigenvalue weighted by Crippen LogP contribution is 2.28. The van der Waals surface area contributed by atoms with Gasteiger partial charge in [0.2, 0.25) is 0 Å². The van der Waals surface area contributed by atoms with Crippen LogP contribution in [0.1, 0.15) is 21.1 Å². The molecule has 130 valence electrons. The molecule has 0 saturated carbocycles. The minimum Gasteiger partial charge on any atom is -0.306 e. The molecule has 1 N–H and O–H groups in total. The quantitative estimate of drug-likeness (QED) is 0.546. The molecule has 3 heterocycles. The Kier molecular flexibility index (Phi) is 4.40. The number of carbonyl (C=O) groups is 1. The van der Waals surface area contributed by atoms with E-state index in [0.717, 1.165) is 22.2 Å². The predicted molar refractivity (Wildman–Crippen MR) is 106 cm³/mol. The SMILES string of the molecule is Cc1ccc(-c2csc(-n3c(NC(=O)c4cccs4)cnc3C)n2)cc1. The number of hydrogen-bond donors (Lipinski definition) is 1. The number of thiophene rings is 1. The number of aryl methyl sites for hydroxylation is 2. The summed E-state index contributed by atoms with van der Waals surface area (Å²) in [7, 11) is 0. The minimum absolute atomic E-state index is 0.142. The lowest BCUT2D eigenvalue weighted by molar-refractivity contribution is 0.103. The molecule has 0 atom stereocenters. The van der Waals surface area contributed by atoms with Gasteiger partial charge in [-0.2, -0.15) is 0 Å². The molecule has 0 saturated heterocycles. The lowest BCUT2D eigenvalue weighted by Crippen LogP contribution is -2.13. The third-order valence-corrected chi connectivity index (χ3v) is 5.65. The van der Waals surface area contributed by atoms with Crippen molar-refractivity contribution in [2.75, 3.05) is 5.32 Å². The molecule has 1 amide bonds. The molecule has 0 radical (unpaired) electrons. The van der Waals surface area contributed by atoms with Gasteiger partial charge in [-0.1, -0.05) is 35.9 Å². The first kappa shape index (κ1) is 16.7. The van der Waals surface area contributed by atoms with Crippen LogP contribution in [-0.4, -0.2) is 20.4 Å². The van der Waals surface area contributed by atoms with Gasteiger partial charge in [-0.25, -0.2) is 9.97 Å². The fraction of sp³-hybridized carbons (Fsp3) is 0.105. The Hall–Kier alpha value is -2.77. The number of imidazole rings is 1. The Balaban J connectivity index is 1.65. The first-order valence-corrected chi connectivity index (χ1v) is 9.80. The average Bonchev–Trinajstić information content (AvgIpc) is 3.36. The number of thiazole rings is 1. The van der Waals surface area contributed by atoms with E-state index >= 15 is 0 Å². The summed E-state index contributed by atoms with van der Waals surface area (Å²) in [6.07, 6.45) is 1.66. The Morgan fingerprint density at radius 2 is 1.92 bits per heavy atom. The minimum atomic E-state index is -0.142. The lowest BCUT2D eigenvalue weighted by Gasteiger charge is -2.07. The van der Waals surface area contributed by atoms with Gasteiger partial charge in [0.05, 0.1) is 16.8 Å². The van der Waals surface area contributed by atoms with Crippen molar-refractivity contribution in [1.29, 1.82) is 0 Å². The van der Waals surface area contributed by atoms with Crippen molar-refractivity contribution in [3.05, 3.63) is 69.6 Å². The smallest absolute Gasteiger partial charge is 0.266 e. The number of amides is 1. The molecule has 3 aromatic heterocycles. The highest BCUT2D eigenvalue weighted by molar-refractivity contribution is 7.12. The Labute approximate surface area is 159 Å². The van der Waals surface area contributed by atoms with Crippen molar-refractivity contribution in [2.24, 2.45) is 0 Å². The number of rotatable bonds is 4. The molecular formula is C19H16N4OS2. The number of aromatic nitrogens is 3. The van der Waals surface area contributed by atoms with Crippen LogP contribution in [0.25, 0.3) is 16.4 Å². The summed E-state index contributed by atoms with van der Waals surface area (Å²) < 4.78 is 1.87. The van der Waals surface area contributed by atoms with E-state index in [4.69, 9.17) is 4.98 Å². The first-order valence-electron chi connectivity index (χ1n) is 8.04. The van der Waals surface area contributed by atoms with Crippen LogP contribution in [-0.2, 0) is 0 Å². The predicted octanol–water partition coefficient (Wildman–Crippen LogP) is 4.93. The normalized spacial score (nSPS) is 10.8. The van der Waals surface area contributed by atoms with E-state index in [1.807, 2.05) is 28.3 Å². The standard InChI is InChI=1S/C19H16N4OS2/c1-12-5-7-14(8-6-12)15-11-26-19(21-15)23-13(2)20-10-17(23)22-18(24)16-4-3-9-25-16/h3-11H,1-2H3,(H,22,24). The van der Waals surface area contributed by atoms with Crippen LogP contribution in [0.15, 0.2) is 53.4 Å². The third-order valence-electron chi connectivity index (χ3n) is 3.96. The van der Waals surface area contributed by atoms with E-state index in [0.29, 0.717) is 10.7 Å². The van der Waals surface area contributed by atoms with E-state index < -0.39 is 0 Å². The highest BCUT2D eigenvalue weighted by atomic mass is 32.1. The fourth-order valence-electron chi connectivity index (χ4n) is 2.58. The van der Waals surface area contributed by atoms with E-state index in [-0.39, 0.29) is 5.91 Å². The van der Waals surface area contributed by atoms with Crippen LogP contribution in [0.2, 0.25) is 0 Å². The number of nitrogens with zero attached hydrogens (tertiary/aromatic N) is 3. The molecule has 0 unspecified atom stereocenters. The summed E-state index contributed by atoms with van der Waals surface area (Å²) in [5, 5.41) is 7.60. The lowest BCUT2D eigenvalue weighted by atomic mass is 10.1. The third kappa shape index (κ3) is 3.18. The van der Waals surface area contributed by atoms with Crippen LogP contribution in [0, 0.1) is 13.8 Å². The Bertz CT molecular complexity index is 1050. The van der Waals surface area contributed by atoms with Gasteiger partial charge in [0.15, 0.2) is 5.13 Å². The number of benzene rings is 1. The molecule has 7 heteroatoms. The Morgan fingerprint density at radius 3 is 2.65 bits per heavy atom. The van der Waals surface area contributed by atoms with E-state index in [9.17, 15) is 4.79 Å². The molecule has 0 fully saturated rings. The fourth-order valence-corrected chi connectivity index (χ4v) is 4.10. The molecule has 0 spiro atoms. The van der Waals surface area contributed by atoms with Crippen molar-refractivity contribution in [1.82, 2.24) is 14.5 Å². The van der Waals surface area contributed by atoms with E-state index in [1.165, 1.54) is 28.2 Å². The Morgan fingerprint density at radius 1 is 1.12 bits per heavy atom. The van der Waals surface area contributed by atoms with Crippen molar-refractivity contribution in [3.8, 4) is 16.4 Å². The van der Waals surface area contributed by atoms with Gasteiger partial charge in [-0.05, 0) is 25.3 Å². The average molecular weight is 380 g/mol. The zero-order chi connectivity index (χ0) is 18.1. The summed E-state index contributed by atoms with van der Waals surface area (Å²) in [4.78, 5) is 22.1. The molecular weight excluding hydrogens is 364 g/mol. The van der Waals surface area contributed by atoms with Gasteiger partial charge >= 0.3 is 0 Å².